The van der Waals surface area contributed by atoms with E-state index in [0.717, 1.165) is 27.4 Å². The molecule has 0 bridgehead atoms. The molecule has 0 fully saturated rings. The Morgan fingerprint density at radius 3 is 2.58 bits per heavy atom. The van der Waals surface area contributed by atoms with Gasteiger partial charge in [0.15, 0.2) is 0 Å². The highest BCUT2D eigenvalue weighted by atomic mass is 32.1. The number of hydrogen-bond acceptors (Lipinski definition) is 3. The molecule has 1 atom stereocenters. The number of thiazole rings is 1. The van der Waals surface area contributed by atoms with Crippen LogP contribution in [-0.4, -0.2) is 12.0 Å². The van der Waals surface area contributed by atoms with E-state index in [1.165, 1.54) is 0 Å². The molecular formula is C15H19FN2S. The average Bonchev–Trinajstić information content (AvgIpc) is 2.72. The number of nitrogens with one attached hydrogen (secondary N) is 1. The van der Waals surface area contributed by atoms with Gasteiger partial charge < -0.3 is 5.32 Å². The van der Waals surface area contributed by atoms with E-state index in [1.54, 1.807) is 17.4 Å². The molecule has 1 N–H and O–H groups in total. The molecule has 0 radical (unpaired) electrons. The Labute approximate surface area is 117 Å². The quantitative estimate of drug-likeness (QED) is 0.922. The highest BCUT2D eigenvalue weighted by Crippen LogP contribution is 2.26. The van der Waals surface area contributed by atoms with Gasteiger partial charge in [0, 0.05) is 23.4 Å². The Balaban J connectivity index is 2.32. The van der Waals surface area contributed by atoms with Crippen LogP contribution in [0.5, 0.6) is 0 Å². The van der Waals surface area contributed by atoms with Crippen molar-refractivity contribution >= 4 is 11.3 Å². The van der Waals surface area contributed by atoms with Gasteiger partial charge in [0.05, 0.1) is 10.7 Å². The van der Waals surface area contributed by atoms with Crippen molar-refractivity contribution in [2.75, 3.05) is 7.05 Å². The smallest absolute Gasteiger partial charge is 0.128 e. The van der Waals surface area contributed by atoms with Gasteiger partial charge in [-0.25, -0.2) is 9.37 Å². The lowest BCUT2D eigenvalue weighted by Crippen LogP contribution is -2.21. The molecular weight excluding hydrogens is 259 g/mol. The van der Waals surface area contributed by atoms with Crippen LogP contribution in [0.4, 0.5) is 4.39 Å². The lowest BCUT2D eigenvalue weighted by atomic mass is 9.95. The van der Waals surface area contributed by atoms with Crippen LogP contribution in [0.15, 0.2) is 17.5 Å². The summed E-state index contributed by atoms with van der Waals surface area (Å²) in [6.07, 6.45) is 0.710. The molecule has 102 valence electrons. The molecule has 4 heteroatoms. The third-order valence-electron chi connectivity index (χ3n) is 3.26. The predicted molar refractivity (Wildman–Crippen MR) is 78.2 cm³/mol. The maximum Gasteiger partial charge on any atom is 0.128 e. The van der Waals surface area contributed by atoms with Crippen LogP contribution in [0.1, 0.15) is 33.4 Å². The summed E-state index contributed by atoms with van der Waals surface area (Å²) in [6, 6.07) is 3.58. The number of rotatable bonds is 4. The fourth-order valence-electron chi connectivity index (χ4n) is 2.43. The predicted octanol–water partition coefficient (Wildman–Crippen LogP) is 3.71. The number of hydrogen-bond donors (Lipinski definition) is 1. The molecule has 2 aromatic rings. The second kappa shape index (κ2) is 5.80. The molecule has 0 saturated carbocycles. The lowest BCUT2D eigenvalue weighted by Gasteiger charge is -2.19. The summed E-state index contributed by atoms with van der Waals surface area (Å²) >= 11 is 1.63. The minimum absolute atomic E-state index is 0.0397. The van der Waals surface area contributed by atoms with Crippen LogP contribution in [0, 0.1) is 26.6 Å². The fourth-order valence-corrected chi connectivity index (χ4v) is 3.05. The fraction of sp³-hybridized carbons (Fsp3) is 0.400. The average molecular weight is 278 g/mol. The Bertz CT molecular complexity index is 554. The van der Waals surface area contributed by atoms with Crippen molar-refractivity contribution in [1.29, 1.82) is 0 Å². The maximum atomic E-state index is 14.2. The lowest BCUT2D eigenvalue weighted by molar-refractivity contribution is 0.527. The topological polar surface area (TPSA) is 24.9 Å². The molecule has 19 heavy (non-hydrogen) atoms. The normalized spacial score (nSPS) is 12.7. The van der Waals surface area contributed by atoms with Gasteiger partial charge in [0.25, 0.3) is 0 Å². The SMILES string of the molecule is CNC(Cc1csc(C)n1)c1c(C)cc(C)cc1F. The molecule has 0 spiro atoms. The van der Waals surface area contributed by atoms with Crippen molar-refractivity contribution in [3.8, 4) is 0 Å². The number of aromatic nitrogens is 1. The van der Waals surface area contributed by atoms with E-state index < -0.39 is 0 Å². The number of benzene rings is 1. The first-order valence-corrected chi connectivity index (χ1v) is 7.24. The van der Waals surface area contributed by atoms with Gasteiger partial charge in [-0.3, -0.25) is 0 Å². The summed E-state index contributed by atoms with van der Waals surface area (Å²) in [5.41, 5.74) is 3.71. The van der Waals surface area contributed by atoms with Crippen LogP contribution >= 0.6 is 11.3 Å². The molecule has 2 rings (SSSR count). The van der Waals surface area contributed by atoms with Crippen molar-refractivity contribution in [1.82, 2.24) is 10.3 Å². The van der Waals surface area contributed by atoms with Crippen LogP contribution in [0.25, 0.3) is 0 Å². The summed E-state index contributed by atoms with van der Waals surface area (Å²) in [7, 11) is 1.86. The second-order valence-electron chi connectivity index (χ2n) is 4.88. The van der Waals surface area contributed by atoms with Gasteiger partial charge in [-0.15, -0.1) is 11.3 Å². The number of halogens is 1. The van der Waals surface area contributed by atoms with Gasteiger partial charge in [0.1, 0.15) is 5.82 Å². The third-order valence-corrected chi connectivity index (χ3v) is 4.08. The number of likely N-dealkylation sites (N-methyl/N-ethyl adjacent to an activating group) is 1. The third kappa shape index (κ3) is 3.19. The van der Waals surface area contributed by atoms with Gasteiger partial charge >= 0.3 is 0 Å². The highest BCUT2D eigenvalue weighted by molar-refractivity contribution is 7.09. The van der Waals surface area contributed by atoms with E-state index in [9.17, 15) is 4.39 Å². The minimum atomic E-state index is -0.135. The van der Waals surface area contributed by atoms with Crippen molar-refractivity contribution in [2.45, 2.75) is 33.2 Å². The maximum absolute atomic E-state index is 14.2. The summed E-state index contributed by atoms with van der Waals surface area (Å²) in [6.45, 7) is 5.86. The molecule has 1 aromatic heterocycles. The van der Waals surface area contributed by atoms with Gasteiger partial charge in [-0.2, -0.15) is 0 Å². The molecule has 0 aliphatic heterocycles. The van der Waals surface area contributed by atoms with Crippen molar-refractivity contribution < 1.29 is 4.39 Å². The van der Waals surface area contributed by atoms with Crippen molar-refractivity contribution in [3.63, 3.8) is 0 Å². The first kappa shape index (κ1) is 14.2. The summed E-state index contributed by atoms with van der Waals surface area (Å²) < 4.78 is 14.2. The first-order valence-electron chi connectivity index (χ1n) is 6.36. The zero-order valence-electron chi connectivity index (χ0n) is 11.7. The monoisotopic (exact) mass is 278 g/mol. The van der Waals surface area contributed by atoms with Gasteiger partial charge in [0.2, 0.25) is 0 Å². The van der Waals surface area contributed by atoms with E-state index in [0.29, 0.717) is 6.42 Å². The molecule has 0 saturated heterocycles. The summed E-state index contributed by atoms with van der Waals surface area (Å²) in [5.74, 6) is -0.135. The number of nitrogens with zero attached hydrogens (tertiary/aromatic N) is 1. The molecule has 0 aliphatic rings. The Morgan fingerprint density at radius 1 is 1.32 bits per heavy atom. The largest absolute Gasteiger partial charge is 0.313 e. The van der Waals surface area contributed by atoms with E-state index in [4.69, 9.17) is 0 Å². The molecule has 1 heterocycles. The molecule has 1 aromatic carbocycles. The van der Waals surface area contributed by atoms with E-state index in [2.05, 4.69) is 10.3 Å². The van der Waals surface area contributed by atoms with Crippen LogP contribution < -0.4 is 5.32 Å². The highest BCUT2D eigenvalue weighted by Gasteiger charge is 2.18. The van der Waals surface area contributed by atoms with Crippen LogP contribution in [0.3, 0.4) is 0 Å². The Morgan fingerprint density at radius 2 is 2.05 bits per heavy atom. The van der Waals surface area contributed by atoms with Crippen molar-refractivity contribution in [3.05, 3.63) is 50.7 Å². The standard InChI is InChI=1S/C15H19FN2S/c1-9-5-10(2)15(13(16)6-9)14(17-4)7-12-8-19-11(3)18-12/h5-6,8,14,17H,7H2,1-4H3. The first-order chi connectivity index (χ1) is 9.01. The van der Waals surface area contributed by atoms with E-state index in [1.807, 2.05) is 39.3 Å². The molecule has 2 nitrogen and oxygen atoms in total. The summed E-state index contributed by atoms with van der Waals surface area (Å²) in [5, 5.41) is 6.29. The second-order valence-corrected chi connectivity index (χ2v) is 5.94. The zero-order valence-corrected chi connectivity index (χ0v) is 12.6. The van der Waals surface area contributed by atoms with Crippen LogP contribution in [-0.2, 0) is 6.42 Å². The Kier molecular flexibility index (Phi) is 4.32. The molecule has 1 unspecified atom stereocenters. The van der Waals surface area contributed by atoms with E-state index >= 15 is 0 Å². The van der Waals surface area contributed by atoms with Crippen molar-refractivity contribution in [2.24, 2.45) is 0 Å². The Hall–Kier alpha value is -1.26. The van der Waals surface area contributed by atoms with Gasteiger partial charge in [-0.05, 0) is 45.0 Å². The summed E-state index contributed by atoms with van der Waals surface area (Å²) in [4.78, 5) is 4.46. The molecule has 0 amide bonds. The molecule has 0 aliphatic carbocycles. The van der Waals surface area contributed by atoms with Crippen LogP contribution in [0.2, 0.25) is 0 Å². The number of aryl methyl sites for hydroxylation is 3. The zero-order chi connectivity index (χ0) is 14.0. The van der Waals surface area contributed by atoms with E-state index in [-0.39, 0.29) is 11.9 Å². The minimum Gasteiger partial charge on any atom is -0.313 e. The van der Waals surface area contributed by atoms with Gasteiger partial charge in [-0.1, -0.05) is 6.07 Å².